The van der Waals surface area contributed by atoms with Gasteiger partial charge in [-0.15, -0.1) is 0 Å². The van der Waals surface area contributed by atoms with Crippen molar-refractivity contribution >= 4 is 23.3 Å². The molecule has 1 aromatic heterocycles. The summed E-state index contributed by atoms with van der Waals surface area (Å²) in [6.07, 6.45) is 0. The van der Waals surface area contributed by atoms with Gasteiger partial charge in [0.25, 0.3) is 5.78 Å². The summed E-state index contributed by atoms with van der Waals surface area (Å²) in [5.41, 5.74) is 1.93. The summed E-state index contributed by atoms with van der Waals surface area (Å²) in [6, 6.07) is 13.1. The number of Topliss-reactive ketones (excluding diaryl/α,β-unsaturated/α-hetero) is 1. The van der Waals surface area contributed by atoms with Gasteiger partial charge in [0.1, 0.15) is 11.5 Å². The summed E-state index contributed by atoms with van der Waals surface area (Å²) in [6.45, 7) is 8.00. The molecule has 1 aliphatic rings. The predicted molar refractivity (Wildman–Crippen MR) is 131 cm³/mol. The van der Waals surface area contributed by atoms with Crippen LogP contribution < -0.4 is 14.4 Å². The maximum Gasteiger partial charge on any atom is 0.301 e. The summed E-state index contributed by atoms with van der Waals surface area (Å²) >= 11 is 0. The van der Waals surface area contributed by atoms with E-state index in [1.165, 1.54) is 19.1 Å². The highest BCUT2D eigenvalue weighted by atomic mass is 16.5. The van der Waals surface area contributed by atoms with Crippen molar-refractivity contribution in [2.75, 3.05) is 19.1 Å². The van der Waals surface area contributed by atoms with E-state index in [1.54, 1.807) is 31.2 Å². The van der Waals surface area contributed by atoms with E-state index in [9.17, 15) is 14.7 Å². The number of aliphatic hydroxyl groups is 1. The standard InChI is InChI=1S/C27H28N2O6/c1-15-13-21(28-35-15)29-23(16-7-10-18(11-8-16)27(2,3)4)22(25(31)26(29)32)24(30)17-9-12-19(33-5)20(14-17)34-6/h7-14,23,30H,1-6H3/t23-/m1/s1. The fraction of sp³-hybridized carbons (Fsp3) is 0.296. The number of nitrogens with zero attached hydrogens (tertiary/aromatic N) is 2. The van der Waals surface area contributed by atoms with E-state index < -0.39 is 17.7 Å². The van der Waals surface area contributed by atoms with Gasteiger partial charge in [0.05, 0.1) is 25.8 Å². The van der Waals surface area contributed by atoms with E-state index in [0.717, 1.165) is 5.56 Å². The maximum atomic E-state index is 13.3. The topological polar surface area (TPSA) is 102 Å². The summed E-state index contributed by atoms with van der Waals surface area (Å²) in [4.78, 5) is 27.7. The van der Waals surface area contributed by atoms with Crippen molar-refractivity contribution < 1.29 is 28.7 Å². The van der Waals surface area contributed by atoms with E-state index in [1.807, 2.05) is 24.3 Å². The fourth-order valence-corrected chi connectivity index (χ4v) is 4.16. The number of hydrogen-bond donors (Lipinski definition) is 1. The molecule has 0 unspecified atom stereocenters. The quantitative estimate of drug-likeness (QED) is 0.317. The van der Waals surface area contributed by atoms with Gasteiger partial charge in [0.2, 0.25) is 0 Å². The molecule has 0 aliphatic carbocycles. The Hall–Kier alpha value is -4.07. The van der Waals surface area contributed by atoms with E-state index in [4.69, 9.17) is 14.0 Å². The van der Waals surface area contributed by atoms with E-state index >= 15 is 0 Å². The third kappa shape index (κ3) is 4.27. The van der Waals surface area contributed by atoms with Crippen molar-refractivity contribution in [1.82, 2.24) is 5.16 Å². The van der Waals surface area contributed by atoms with Gasteiger partial charge in [-0.3, -0.25) is 14.5 Å². The molecule has 182 valence electrons. The van der Waals surface area contributed by atoms with Crippen LogP contribution in [0, 0.1) is 6.92 Å². The Morgan fingerprint density at radius 3 is 2.20 bits per heavy atom. The molecule has 1 saturated heterocycles. The Kier molecular flexibility index (Phi) is 6.15. The minimum absolute atomic E-state index is 0.0496. The highest BCUT2D eigenvalue weighted by Gasteiger charge is 2.48. The van der Waals surface area contributed by atoms with Crippen LogP contribution in [-0.4, -0.2) is 36.2 Å². The minimum Gasteiger partial charge on any atom is -0.507 e. The Balaban J connectivity index is 1.92. The molecule has 0 radical (unpaired) electrons. The van der Waals surface area contributed by atoms with Gasteiger partial charge < -0.3 is 19.1 Å². The van der Waals surface area contributed by atoms with Crippen LogP contribution in [0.4, 0.5) is 5.82 Å². The number of methoxy groups -OCH3 is 2. The largest absolute Gasteiger partial charge is 0.507 e. The van der Waals surface area contributed by atoms with E-state index in [-0.39, 0.29) is 22.6 Å². The van der Waals surface area contributed by atoms with Gasteiger partial charge in [-0.05, 0) is 41.7 Å². The molecule has 8 nitrogen and oxygen atoms in total. The molecule has 2 aromatic carbocycles. The Labute approximate surface area is 203 Å². The number of rotatable bonds is 5. The van der Waals surface area contributed by atoms with Crippen LogP contribution >= 0.6 is 0 Å². The molecule has 0 spiro atoms. The first-order valence-electron chi connectivity index (χ1n) is 11.1. The highest BCUT2D eigenvalue weighted by molar-refractivity contribution is 6.51. The molecule has 1 amide bonds. The molecule has 8 heteroatoms. The van der Waals surface area contributed by atoms with Crippen molar-refractivity contribution in [3.63, 3.8) is 0 Å². The molecule has 0 saturated carbocycles. The van der Waals surface area contributed by atoms with Gasteiger partial charge in [0, 0.05) is 11.6 Å². The van der Waals surface area contributed by atoms with Gasteiger partial charge in [0.15, 0.2) is 17.3 Å². The number of anilines is 1. The van der Waals surface area contributed by atoms with Crippen LogP contribution in [0.1, 0.15) is 49.3 Å². The highest BCUT2D eigenvalue weighted by Crippen LogP contribution is 2.43. The molecular formula is C27H28N2O6. The maximum absolute atomic E-state index is 13.3. The number of aryl methyl sites for hydroxylation is 1. The minimum atomic E-state index is -0.901. The third-order valence-corrected chi connectivity index (χ3v) is 6.06. The third-order valence-electron chi connectivity index (χ3n) is 6.06. The van der Waals surface area contributed by atoms with Crippen molar-refractivity contribution in [1.29, 1.82) is 0 Å². The van der Waals surface area contributed by atoms with Crippen LogP contribution in [0.15, 0.2) is 58.6 Å². The number of amides is 1. The number of ketones is 1. The summed E-state index contributed by atoms with van der Waals surface area (Å²) in [5.74, 6) is -0.407. The fourth-order valence-electron chi connectivity index (χ4n) is 4.16. The van der Waals surface area contributed by atoms with Crippen molar-refractivity contribution in [2.24, 2.45) is 0 Å². The lowest BCUT2D eigenvalue weighted by molar-refractivity contribution is -0.132. The Morgan fingerprint density at radius 2 is 1.66 bits per heavy atom. The number of aliphatic hydroxyl groups excluding tert-OH is 1. The Bertz CT molecular complexity index is 1310. The smallest absolute Gasteiger partial charge is 0.301 e. The molecule has 2 heterocycles. The van der Waals surface area contributed by atoms with Gasteiger partial charge in [-0.2, -0.15) is 0 Å². The van der Waals surface area contributed by atoms with Crippen LogP contribution in [0.25, 0.3) is 5.76 Å². The molecule has 1 fully saturated rings. The molecule has 1 atom stereocenters. The number of aromatic nitrogens is 1. The van der Waals surface area contributed by atoms with Gasteiger partial charge in [-0.25, -0.2) is 0 Å². The zero-order valence-electron chi connectivity index (χ0n) is 20.6. The first kappa shape index (κ1) is 24.1. The van der Waals surface area contributed by atoms with Crippen molar-refractivity contribution in [3.05, 3.63) is 76.6 Å². The van der Waals surface area contributed by atoms with Crippen molar-refractivity contribution in [2.45, 2.75) is 39.2 Å². The molecule has 35 heavy (non-hydrogen) atoms. The summed E-state index contributed by atoms with van der Waals surface area (Å²) in [7, 11) is 2.98. The second-order valence-corrected chi connectivity index (χ2v) is 9.41. The number of hydrogen-bond acceptors (Lipinski definition) is 7. The van der Waals surface area contributed by atoms with Crippen LogP contribution in [0.3, 0.4) is 0 Å². The number of ether oxygens (including phenoxy) is 2. The summed E-state index contributed by atoms with van der Waals surface area (Å²) in [5, 5.41) is 15.3. The zero-order chi connectivity index (χ0) is 25.5. The molecule has 1 aliphatic heterocycles. The van der Waals surface area contributed by atoms with E-state index in [0.29, 0.717) is 28.4 Å². The zero-order valence-corrected chi connectivity index (χ0v) is 20.6. The van der Waals surface area contributed by atoms with Crippen LogP contribution in [-0.2, 0) is 15.0 Å². The lowest BCUT2D eigenvalue weighted by Gasteiger charge is -2.24. The summed E-state index contributed by atoms with van der Waals surface area (Å²) < 4.78 is 15.8. The van der Waals surface area contributed by atoms with Crippen LogP contribution in [0.2, 0.25) is 0 Å². The second kappa shape index (κ2) is 8.94. The second-order valence-electron chi connectivity index (χ2n) is 9.41. The normalized spacial score (nSPS) is 17.7. The molecule has 1 N–H and O–H groups in total. The molecular weight excluding hydrogens is 448 g/mol. The lowest BCUT2D eigenvalue weighted by Crippen LogP contribution is -2.29. The predicted octanol–water partition coefficient (Wildman–Crippen LogP) is 4.92. The molecule has 3 aromatic rings. The first-order valence-corrected chi connectivity index (χ1v) is 11.1. The lowest BCUT2D eigenvalue weighted by atomic mass is 9.85. The molecule has 4 rings (SSSR count). The van der Waals surface area contributed by atoms with Crippen LogP contribution in [0.5, 0.6) is 11.5 Å². The molecule has 0 bridgehead atoms. The average molecular weight is 477 g/mol. The number of carbonyl (C=O) groups is 2. The van der Waals surface area contributed by atoms with Gasteiger partial charge >= 0.3 is 5.91 Å². The number of benzene rings is 2. The Morgan fingerprint density at radius 1 is 1.00 bits per heavy atom. The average Bonchev–Trinajstić information content (AvgIpc) is 3.38. The number of carbonyl (C=O) groups excluding carboxylic acids is 2. The van der Waals surface area contributed by atoms with Gasteiger partial charge in [-0.1, -0.05) is 50.2 Å². The van der Waals surface area contributed by atoms with E-state index in [2.05, 4.69) is 25.9 Å². The van der Waals surface area contributed by atoms with Crippen molar-refractivity contribution in [3.8, 4) is 11.5 Å². The SMILES string of the molecule is COc1ccc(C(O)=C2C(=O)C(=O)N(c3cc(C)on3)[C@@H]2c2ccc(C(C)(C)C)cc2)cc1OC. The first-order chi connectivity index (χ1) is 16.6. The monoisotopic (exact) mass is 476 g/mol.